The predicted octanol–water partition coefficient (Wildman–Crippen LogP) is 4.38. The van der Waals surface area contributed by atoms with Crippen molar-refractivity contribution in [2.75, 3.05) is 0 Å². The van der Waals surface area contributed by atoms with Crippen molar-refractivity contribution in [3.8, 4) is 21.0 Å². The minimum Gasteiger partial charge on any atom is -0.325 e. The van der Waals surface area contributed by atoms with E-state index in [0.29, 0.717) is 6.54 Å². The van der Waals surface area contributed by atoms with Crippen LogP contribution in [-0.2, 0) is 6.54 Å². The number of rotatable bonds is 3. The summed E-state index contributed by atoms with van der Waals surface area (Å²) >= 11 is 1.55. The maximum atomic E-state index is 13.6. The number of aryl methyl sites for hydroxylation is 1. The lowest BCUT2D eigenvalue weighted by molar-refractivity contribution is 0.627. The van der Waals surface area contributed by atoms with Crippen molar-refractivity contribution in [3.05, 3.63) is 65.6 Å². The zero-order valence-corrected chi connectivity index (χ0v) is 12.5. The van der Waals surface area contributed by atoms with Gasteiger partial charge in [-0.1, -0.05) is 30.3 Å². The molecular formula is C17H15FN2S. The quantitative estimate of drug-likeness (QED) is 0.779. The third kappa shape index (κ3) is 2.86. The topological polar surface area (TPSA) is 38.9 Å². The van der Waals surface area contributed by atoms with Gasteiger partial charge in [0.25, 0.3) is 0 Å². The normalized spacial score (nSPS) is 10.8. The molecule has 0 atom stereocenters. The first kappa shape index (κ1) is 13.9. The van der Waals surface area contributed by atoms with Crippen LogP contribution in [0.5, 0.6) is 0 Å². The van der Waals surface area contributed by atoms with Crippen molar-refractivity contribution >= 4 is 11.3 Å². The monoisotopic (exact) mass is 298 g/mol. The number of thiazole rings is 1. The molecule has 0 amide bonds. The number of benzene rings is 2. The zero-order chi connectivity index (χ0) is 14.8. The van der Waals surface area contributed by atoms with Crippen molar-refractivity contribution in [2.24, 2.45) is 5.73 Å². The highest BCUT2D eigenvalue weighted by Gasteiger charge is 2.13. The largest absolute Gasteiger partial charge is 0.325 e. The molecule has 21 heavy (non-hydrogen) atoms. The Kier molecular flexibility index (Phi) is 3.82. The first-order valence-corrected chi connectivity index (χ1v) is 7.52. The molecule has 3 rings (SSSR count). The van der Waals surface area contributed by atoms with Crippen LogP contribution in [0.1, 0.15) is 11.3 Å². The van der Waals surface area contributed by atoms with E-state index in [4.69, 9.17) is 5.73 Å². The van der Waals surface area contributed by atoms with Gasteiger partial charge < -0.3 is 5.73 Å². The summed E-state index contributed by atoms with van der Waals surface area (Å²) in [6.07, 6.45) is 0. The average molecular weight is 298 g/mol. The lowest BCUT2D eigenvalue weighted by atomic mass is 10.1. The van der Waals surface area contributed by atoms with E-state index in [-0.39, 0.29) is 5.82 Å². The summed E-state index contributed by atoms with van der Waals surface area (Å²) < 4.78 is 13.6. The van der Waals surface area contributed by atoms with Crippen molar-refractivity contribution in [3.63, 3.8) is 0 Å². The summed E-state index contributed by atoms with van der Waals surface area (Å²) in [5.41, 5.74) is 9.44. The highest BCUT2D eigenvalue weighted by atomic mass is 32.1. The standard InChI is InChI=1S/C17H15FN2S/c1-11-7-13(9-14(18)8-11)17-20-15(10-19)16(21-17)12-5-3-2-4-6-12/h2-9H,10,19H2,1H3. The second-order valence-corrected chi connectivity index (χ2v) is 5.88. The van der Waals surface area contributed by atoms with E-state index < -0.39 is 0 Å². The Morgan fingerprint density at radius 2 is 1.86 bits per heavy atom. The van der Waals surface area contributed by atoms with E-state index in [1.165, 1.54) is 12.1 Å². The molecular weight excluding hydrogens is 283 g/mol. The Bertz CT molecular complexity index is 745. The molecule has 0 aliphatic rings. The van der Waals surface area contributed by atoms with E-state index >= 15 is 0 Å². The molecule has 0 unspecified atom stereocenters. The zero-order valence-electron chi connectivity index (χ0n) is 11.6. The highest BCUT2D eigenvalue weighted by Crippen LogP contribution is 2.35. The molecule has 4 heteroatoms. The minimum atomic E-state index is -0.240. The molecule has 0 aliphatic heterocycles. The van der Waals surface area contributed by atoms with E-state index in [9.17, 15) is 4.39 Å². The lowest BCUT2D eigenvalue weighted by Gasteiger charge is -1.99. The van der Waals surface area contributed by atoms with Gasteiger partial charge in [0.2, 0.25) is 0 Å². The first-order valence-electron chi connectivity index (χ1n) is 6.70. The van der Waals surface area contributed by atoms with E-state index in [0.717, 1.165) is 32.3 Å². The van der Waals surface area contributed by atoms with Crippen LogP contribution in [0.3, 0.4) is 0 Å². The minimum absolute atomic E-state index is 0.240. The van der Waals surface area contributed by atoms with Gasteiger partial charge in [-0.25, -0.2) is 9.37 Å². The van der Waals surface area contributed by atoms with Crippen LogP contribution in [-0.4, -0.2) is 4.98 Å². The molecule has 0 aliphatic carbocycles. The number of hydrogen-bond acceptors (Lipinski definition) is 3. The summed E-state index contributed by atoms with van der Waals surface area (Å²) in [6.45, 7) is 2.25. The Balaban J connectivity index is 2.11. The fourth-order valence-electron chi connectivity index (χ4n) is 2.29. The second kappa shape index (κ2) is 5.76. The van der Waals surface area contributed by atoms with Crippen LogP contribution in [0.2, 0.25) is 0 Å². The number of aromatic nitrogens is 1. The van der Waals surface area contributed by atoms with Crippen molar-refractivity contribution in [2.45, 2.75) is 13.5 Å². The number of halogens is 1. The van der Waals surface area contributed by atoms with Crippen LogP contribution in [0.15, 0.2) is 48.5 Å². The Morgan fingerprint density at radius 3 is 2.52 bits per heavy atom. The van der Waals surface area contributed by atoms with Gasteiger partial charge in [-0.2, -0.15) is 0 Å². The van der Waals surface area contributed by atoms with Gasteiger partial charge in [-0.3, -0.25) is 0 Å². The third-order valence-corrected chi connectivity index (χ3v) is 4.41. The second-order valence-electron chi connectivity index (χ2n) is 4.88. The van der Waals surface area contributed by atoms with E-state index in [1.54, 1.807) is 11.3 Å². The number of hydrogen-bond donors (Lipinski definition) is 1. The SMILES string of the molecule is Cc1cc(F)cc(-c2nc(CN)c(-c3ccccc3)s2)c1. The molecule has 3 aromatic rings. The maximum Gasteiger partial charge on any atom is 0.124 e. The van der Waals surface area contributed by atoms with Gasteiger partial charge in [0, 0.05) is 12.1 Å². The molecule has 2 aromatic carbocycles. The summed E-state index contributed by atoms with van der Waals surface area (Å²) in [5.74, 6) is -0.240. The lowest BCUT2D eigenvalue weighted by Crippen LogP contribution is -1.98. The molecule has 0 radical (unpaired) electrons. The van der Waals surface area contributed by atoms with Crippen LogP contribution in [0.4, 0.5) is 4.39 Å². The third-order valence-electron chi connectivity index (χ3n) is 3.22. The first-order chi connectivity index (χ1) is 10.2. The maximum absolute atomic E-state index is 13.6. The Hall–Kier alpha value is -2.04. The van der Waals surface area contributed by atoms with Gasteiger partial charge in [-0.15, -0.1) is 11.3 Å². The van der Waals surface area contributed by atoms with Crippen LogP contribution in [0, 0.1) is 12.7 Å². The molecule has 0 saturated heterocycles. The van der Waals surface area contributed by atoms with Crippen molar-refractivity contribution < 1.29 is 4.39 Å². The van der Waals surface area contributed by atoms with E-state index in [2.05, 4.69) is 4.98 Å². The fourth-order valence-corrected chi connectivity index (χ4v) is 3.37. The molecule has 0 spiro atoms. The molecule has 0 saturated carbocycles. The highest BCUT2D eigenvalue weighted by molar-refractivity contribution is 7.18. The molecule has 1 aromatic heterocycles. The number of nitrogens with zero attached hydrogens (tertiary/aromatic N) is 1. The summed E-state index contributed by atoms with van der Waals surface area (Å²) in [7, 11) is 0. The van der Waals surface area contributed by atoms with Crippen LogP contribution >= 0.6 is 11.3 Å². The van der Waals surface area contributed by atoms with Crippen molar-refractivity contribution in [1.82, 2.24) is 4.98 Å². The van der Waals surface area contributed by atoms with Gasteiger partial charge in [-0.05, 0) is 36.2 Å². The molecule has 106 valence electrons. The van der Waals surface area contributed by atoms with Crippen LogP contribution in [0.25, 0.3) is 21.0 Å². The van der Waals surface area contributed by atoms with Gasteiger partial charge in [0.1, 0.15) is 10.8 Å². The Morgan fingerprint density at radius 1 is 1.10 bits per heavy atom. The van der Waals surface area contributed by atoms with Gasteiger partial charge in [0.15, 0.2) is 0 Å². The summed E-state index contributed by atoms with van der Waals surface area (Å²) in [5, 5.41) is 0.803. The summed E-state index contributed by atoms with van der Waals surface area (Å²) in [4.78, 5) is 5.64. The number of nitrogens with two attached hydrogens (primary N) is 1. The fraction of sp³-hybridized carbons (Fsp3) is 0.118. The molecule has 0 fully saturated rings. The van der Waals surface area contributed by atoms with E-state index in [1.807, 2.05) is 43.3 Å². The Labute approximate surface area is 127 Å². The average Bonchev–Trinajstić information content (AvgIpc) is 2.91. The smallest absolute Gasteiger partial charge is 0.124 e. The molecule has 1 heterocycles. The molecule has 0 bridgehead atoms. The van der Waals surface area contributed by atoms with Gasteiger partial charge >= 0.3 is 0 Å². The van der Waals surface area contributed by atoms with Gasteiger partial charge in [0.05, 0.1) is 10.6 Å². The summed E-state index contributed by atoms with van der Waals surface area (Å²) in [6, 6.07) is 15.0. The molecule has 2 N–H and O–H groups in total. The predicted molar refractivity (Wildman–Crippen MR) is 85.6 cm³/mol. The van der Waals surface area contributed by atoms with Crippen molar-refractivity contribution in [1.29, 1.82) is 0 Å². The van der Waals surface area contributed by atoms with Crippen LogP contribution < -0.4 is 5.73 Å². The molecule has 2 nitrogen and oxygen atoms in total.